The molecular formula is C23H29F2N4O4+. The topological polar surface area (TPSA) is 83.8 Å². The second-order valence-corrected chi connectivity index (χ2v) is 9.67. The van der Waals surface area contributed by atoms with Gasteiger partial charge in [0.25, 0.3) is 0 Å². The van der Waals surface area contributed by atoms with Gasteiger partial charge in [-0.05, 0) is 18.9 Å². The maximum atomic E-state index is 15.9. The molecule has 0 bridgehead atoms. The van der Waals surface area contributed by atoms with Crippen LogP contribution in [0, 0.1) is 11.6 Å². The molecule has 2 saturated heterocycles. The molecule has 1 aliphatic carbocycles. The molecular weight excluding hydrogens is 434 g/mol. The van der Waals surface area contributed by atoms with Crippen LogP contribution in [0.2, 0.25) is 0 Å². The lowest BCUT2D eigenvalue weighted by atomic mass is 10.1. The number of piperazine rings is 1. The third-order valence-electron chi connectivity index (χ3n) is 7.11. The van der Waals surface area contributed by atoms with E-state index in [-0.39, 0.29) is 28.7 Å². The van der Waals surface area contributed by atoms with Crippen LogP contribution in [0.15, 0.2) is 17.1 Å². The Kier molecular flexibility index (Phi) is 5.62. The Morgan fingerprint density at radius 3 is 2.70 bits per heavy atom. The summed E-state index contributed by atoms with van der Waals surface area (Å²) in [4.78, 5) is 25.9. The van der Waals surface area contributed by atoms with Crippen LogP contribution in [0.3, 0.4) is 0 Å². The average Bonchev–Trinajstić information content (AvgIpc) is 3.60. The van der Waals surface area contributed by atoms with Gasteiger partial charge in [0.15, 0.2) is 5.82 Å². The molecule has 1 aromatic carbocycles. The maximum absolute atomic E-state index is 15.9. The fourth-order valence-corrected chi connectivity index (χ4v) is 5.16. The van der Waals surface area contributed by atoms with E-state index >= 15 is 8.78 Å². The Hall–Kier alpha value is -2.56. The van der Waals surface area contributed by atoms with Gasteiger partial charge in [-0.25, -0.2) is 13.6 Å². The van der Waals surface area contributed by atoms with Crippen LogP contribution in [0.1, 0.15) is 29.2 Å². The average molecular weight is 464 g/mol. The third kappa shape index (κ3) is 4.11. The minimum atomic E-state index is -1.40. The predicted molar refractivity (Wildman–Crippen MR) is 119 cm³/mol. The number of halogens is 2. The zero-order valence-corrected chi connectivity index (χ0v) is 18.6. The molecule has 2 aromatic rings. The van der Waals surface area contributed by atoms with Gasteiger partial charge >= 0.3 is 5.97 Å². The minimum Gasteiger partial charge on any atom is -0.477 e. The van der Waals surface area contributed by atoms with Crippen LogP contribution in [0.5, 0.6) is 0 Å². The zero-order chi connectivity index (χ0) is 23.3. The number of carbonyl (C=O) groups is 1. The number of hydrogen-bond acceptors (Lipinski definition) is 5. The summed E-state index contributed by atoms with van der Waals surface area (Å²) >= 11 is 0. The number of aromatic nitrogens is 1. The number of carboxylic acid groups (broad SMARTS) is 1. The summed E-state index contributed by atoms with van der Waals surface area (Å²) in [6, 6.07) is 0.907. The highest BCUT2D eigenvalue weighted by molar-refractivity contribution is 5.94. The normalized spacial score (nSPS) is 23.1. The molecule has 3 aliphatic rings. The second kappa shape index (κ2) is 8.34. The monoisotopic (exact) mass is 463 g/mol. The predicted octanol–water partition coefficient (Wildman–Crippen LogP) is 1.57. The van der Waals surface area contributed by atoms with Crippen molar-refractivity contribution in [3.05, 3.63) is 39.7 Å². The van der Waals surface area contributed by atoms with Crippen LogP contribution in [0.25, 0.3) is 10.9 Å². The number of nitrogens with zero attached hydrogens (tertiary/aromatic N) is 3. The van der Waals surface area contributed by atoms with Crippen molar-refractivity contribution < 1.29 is 27.9 Å². The molecule has 1 aromatic heterocycles. The maximum Gasteiger partial charge on any atom is 0.341 e. The molecule has 2 N–H and O–H groups in total. The van der Waals surface area contributed by atoms with E-state index in [1.807, 2.05) is 0 Å². The molecule has 5 rings (SSSR count). The van der Waals surface area contributed by atoms with E-state index in [4.69, 9.17) is 4.74 Å². The molecule has 178 valence electrons. The summed E-state index contributed by atoms with van der Waals surface area (Å²) in [5, 5.41) is 12.5. The smallest absolute Gasteiger partial charge is 0.341 e. The molecule has 1 saturated carbocycles. The van der Waals surface area contributed by atoms with Crippen molar-refractivity contribution >= 4 is 22.6 Å². The standard InChI is InChI=1S/C23H28F2N4O4/c1-29(7-4-26-5-8-29)13-15-11-27(6-9-33-15)21-18(24)10-16-20(19(21)25)28(14-2-3-14)12-17(22(16)30)23(31)32/h10,12,14-15,26H,2-9,11,13H2,1H3/p+1. The number of quaternary nitrogens is 1. The Morgan fingerprint density at radius 2 is 2.03 bits per heavy atom. The SMILES string of the molecule is C[N+]1(CC2CN(c3c(F)cc4c(=O)c(C(=O)O)cn(C5CC5)c4c3F)CCO2)CCNCC1. The Labute approximate surface area is 189 Å². The van der Waals surface area contributed by atoms with Gasteiger partial charge in [0.1, 0.15) is 29.7 Å². The number of benzene rings is 1. The fraction of sp³-hybridized carbons (Fsp3) is 0.565. The number of likely N-dealkylation sites (N-methyl/N-ethyl adjacent to an activating group) is 1. The number of aromatic carboxylic acids is 1. The van der Waals surface area contributed by atoms with Crippen molar-refractivity contribution in [3.63, 3.8) is 0 Å². The number of rotatable bonds is 5. The van der Waals surface area contributed by atoms with E-state index < -0.39 is 28.6 Å². The quantitative estimate of drug-likeness (QED) is 0.655. The first kappa shape index (κ1) is 22.2. The van der Waals surface area contributed by atoms with Gasteiger partial charge in [-0.1, -0.05) is 0 Å². The number of carboxylic acids is 1. The van der Waals surface area contributed by atoms with Crippen molar-refractivity contribution in [2.24, 2.45) is 0 Å². The lowest BCUT2D eigenvalue weighted by Crippen LogP contribution is -2.61. The first-order valence-electron chi connectivity index (χ1n) is 11.5. The number of morpholine rings is 1. The van der Waals surface area contributed by atoms with Gasteiger partial charge in [-0.3, -0.25) is 4.79 Å². The molecule has 3 heterocycles. The fourth-order valence-electron chi connectivity index (χ4n) is 5.16. The Morgan fingerprint density at radius 1 is 1.30 bits per heavy atom. The molecule has 0 radical (unpaired) electrons. The van der Waals surface area contributed by atoms with Crippen molar-refractivity contribution in [1.29, 1.82) is 0 Å². The van der Waals surface area contributed by atoms with Crippen molar-refractivity contribution in [1.82, 2.24) is 9.88 Å². The van der Waals surface area contributed by atoms with Gasteiger partial charge in [-0.15, -0.1) is 0 Å². The third-order valence-corrected chi connectivity index (χ3v) is 7.11. The second-order valence-electron chi connectivity index (χ2n) is 9.67. The van der Waals surface area contributed by atoms with E-state index in [0.717, 1.165) is 56.1 Å². The minimum absolute atomic E-state index is 0.0203. The van der Waals surface area contributed by atoms with E-state index in [1.54, 1.807) is 4.90 Å². The number of hydrogen-bond donors (Lipinski definition) is 2. The Bertz CT molecular complexity index is 1160. The van der Waals surface area contributed by atoms with Gasteiger partial charge in [0.2, 0.25) is 5.43 Å². The van der Waals surface area contributed by atoms with Crippen LogP contribution in [-0.2, 0) is 4.74 Å². The van der Waals surface area contributed by atoms with Crippen molar-refractivity contribution in [2.45, 2.75) is 25.0 Å². The van der Waals surface area contributed by atoms with E-state index in [9.17, 15) is 14.7 Å². The van der Waals surface area contributed by atoms with E-state index in [2.05, 4.69) is 12.4 Å². The molecule has 8 nitrogen and oxygen atoms in total. The van der Waals surface area contributed by atoms with Gasteiger partial charge in [-0.2, -0.15) is 0 Å². The molecule has 2 aliphatic heterocycles. The van der Waals surface area contributed by atoms with Crippen molar-refractivity contribution in [2.75, 3.05) is 64.4 Å². The molecule has 33 heavy (non-hydrogen) atoms. The number of ether oxygens (including phenoxy) is 1. The van der Waals surface area contributed by atoms with E-state index in [1.165, 1.54) is 10.8 Å². The lowest BCUT2D eigenvalue weighted by molar-refractivity contribution is -0.914. The molecule has 3 fully saturated rings. The van der Waals surface area contributed by atoms with Crippen LogP contribution in [-0.4, -0.2) is 85.7 Å². The largest absolute Gasteiger partial charge is 0.477 e. The summed E-state index contributed by atoms with van der Waals surface area (Å²) in [5.74, 6) is -3.07. The Balaban J connectivity index is 1.53. The van der Waals surface area contributed by atoms with Crippen molar-refractivity contribution in [3.8, 4) is 0 Å². The highest BCUT2D eigenvalue weighted by atomic mass is 19.1. The van der Waals surface area contributed by atoms with E-state index in [0.29, 0.717) is 19.7 Å². The van der Waals surface area contributed by atoms with Crippen LogP contribution >= 0.6 is 0 Å². The first-order chi connectivity index (χ1) is 15.8. The number of nitrogens with one attached hydrogen (secondary N) is 1. The van der Waals surface area contributed by atoms with Gasteiger partial charge < -0.3 is 29.1 Å². The van der Waals surface area contributed by atoms with Crippen LogP contribution < -0.4 is 15.6 Å². The first-order valence-corrected chi connectivity index (χ1v) is 11.5. The summed E-state index contributed by atoms with van der Waals surface area (Å²) in [6.45, 7) is 5.59. The highest BCUT2D eigenvalue weighted by Crippen LogP contribution is 2.39. The summed E-state index contributed by atoms with van der Waals surface area (Å²) in [7, 11) is 2.18. The van der Waals surface area contributed by atoms with Gasteiger partial charge in [0.05, 0.1) is 37.6 Å². The van der Waals surface area contributed by atoms with Gasteiger partial charge in [0, 0.05) is 38.4 Å². The summed E-state index contributed by atoms with van der Waals surface area (Å²) in [5.41, 5.74) is -1.53. The zero-order valence-electron chi connectivity index (χ0n) is 18.6. The number of fused-ring (bicyclic) bond motifs is 1. The number of anilines is 1. The summed E-state index contributed by atoms with van der Waals surface area (Å²) < 4.78 is 39.5. The molecule has 1 unspecified atom stereocenters. The lowest BCUT2D eigenvalue weighted by Gasteiger charge is -2.43. The highest BCUT2D eigenvalue weighted by Gasteiger charge is 2.35. The van der Waals surface area contributed by atoms with Crippen LogP contribution in [0.4, 0.5) is 14.5 Å². The molecule has 0 amide bonds. The number of pyridine rings is 1. The summed E-state index contributed by atoms with van der Waals surface area (Å²) in [6.07, 6.45) is 2.55. The molecule has 10 heteroatoms. The molecule has 1 atom stereocenters. The molecule has 0 spiro atoms.